The Morgan fingerprint density at radius 2 is 1.80 bits per heavy atom. The Balaban J connectivity index is 1.86. The van der Waals surface area contributed by atoms with Gasteiger partial charge in [0.25, 0.3) is 0 Å². The van der Waals surface area contributed by atoms with Crippen LogP contribution in [-0.2, 0) is 0 Å². The van der Waals surface area contributed by atoms with E-state index in [1.165, 1.54) is 24.9 Å². The number of halogens is 1. The van der Waals surface area contributed by atoms with Crippen molar-refractivity contribution in [3.63, 3.8) is 0 Å². The molecule has 0 saturated carbocycles. The molecule has 0 bridgehead atoms. The number of rotatable bonds is 6. The smallest absolute Gasteiger partial charge is 0.0407 e. The number of hydrogen-bond donors (Lipinski definition) is 1. The van der Waals surface area contributed by atoms with E-state index in [1.807, 2.05) is 12.1 Å². The zero-order chi connectivity index (χ0) is 14.4. The lowest BCUT2D eigenvalue weighted by atomic mass is 10.1. The standard InChI is InChI=1S/C16H26ClN3/c1-2-3-4-16(13-18)20-11-9-19(10-12-20)15-7-5-14(17)6-8-15/h5-8,16H,2-4,9-13,18H2,1H3. The van der Waals surface area contributed by atoms with Crippen molar-refractivity contribution < 1.29 is 0 Å². The fraction of sp³-hybridized carbons (Fsp3) is 0.625. The molecule has 1 aromatic carbocycles. The van der Waals surface area contributed by atoms with Gasteiger partial charge in [0.05, 0.1) is 0 Å². The topological polar surface area (TPSA) is 32.5 Å². The minimum Gasteiger partial charge on any atom is -0.369 e. The first kappa shape index (κ1) is 15.6. The zero-order valence-electron chi connectivity index (χ0n) is 12.4. The molecular formula is C16H26ClN3. The van der Waals surface area contributed by atoms with Crippen LogP contribution in [0.5, 0.6) is 0 Å². The fourth-order valence-electron chi connectivity index (χ4n) is 2.89. The lowest BCUT2D eigenvalue weighted by Crippen LogP contribution is -2.52. The van der Waals surface area contributed by atoms with Crippen LogP contribution < -0.4 is 10.6 Å². The monoisotopic (exact) mass is 295 g/mol. The first-order valence-corrected chi connectivity index (χ1v) is 8.07. The minimum absolute atomic E-state index is 0.558. The normalized spacial score (nSPS) is 18.2. The lowest BCUT2D eigenvalue weighted by Gasteiger charge is -2.40. The molecule has 112 valence electrons. The summed E-state index contributed by atoms with van der Waals surface area (Å²) in [5, 5.41) is 0.801. The summed E-state index contributed by atoms with van der Waals surface area (Å²) >= 11 is 5.94. The molecule has 2 rings (SSSR count). The van der Waals surface area contributed by atoms with Gasteiger partial charge in [-0.3, -0.25) is 4.90 Å². The van der Waals surface area contributed by atoms with E-state index in [2.05, 4.69) is 28.9 Å². The van der Waals surface area contributed by atoms with Crippen molar-refractivity contribution in [1.29, 1.82) is 0 Å². The van der Waals surface area contributed by atoms with Crippen molar-refractivity contribution in [2.75, 3.05) is 37.6 Å². The number of anilines is 1. The highest BCUT2D eigenvalue weighted by Gasteiger charge is 2.22. The lowest BCUT2D eigenvalue weighted by molar-refractivity contribution is 0.178. The molecule has 1 heterocycles. The largest absolute Gasteiger partial charge is 0.369 e. The molecule has 1 atom stereocenters. The Labute approximate surface area is 127 Å². The Morgan fingerprint density at radius 1 is 1.15 bits per heavy atom. The second-order valence-electron chi connectivity index (χ2n) is 5.53. The molecule has 1 aliphatic heterocycles. The fourth-order valence-corrected chi connectivity index (χ4v) is 3.01. The second kappa shape index (κ2) is 7.87. The van der Waals surface area contributed by atoms with Crippen molar-refractivity contribution in [2.24, 2.45) is 5.73 Å². The molecule has 2 N–H and O–H groups in total. The number of piperazine rings is 1. The van der Waals surface area contributed by atoms with Gasteiger partial charge in [-0.15, -0.1) is 0 Å². The third kappa shape index (κ3) is 4.11. The average Bonchev–Trinajstić information content (AvgIpc) is 2.49. The van der Waals surface area contributed by atoms with E-state index in [0.717, 1.165) is 37.7 Å². The summed E-state index contributed by atoms with van der Waals surface area (Å²) in [5.74, 6) is 0. The molecule has 0 radical (unpaired) electrons. The minimum atomic E-state index is 0.558. The van der Waals surface area contributed by atoms with Gasteiger partial charge < -0.3 is 10.6 Å². The summed E-state index contributed by atoms with van der Waals surface area (Å²) in [6.07, 6.45) is 3.76. The summed E-state index contributed by atoms with van der Waals surface area (Å²) < 4.78 is 0. The number of unbranched alkanes of at least 4 members (excludes halogenated alkanes) is 1. The first-order valence-electron chi connectivity index (χ1n) is 7.69. The SMILES string of the molecule is CCCCC(CN)N1CCN(c2ccc(Cl)cc2)CC1. The van der Waals surface area contributed by atoms with Crippen LogP contribution in [0.4, 0.5) is 5.69 Å². The van der Waals surface area contributed by atoms with Gasteiger partial charge in [0, 0.05) is 49.5 Å². The third-order valence-electron chi connectivity index (χ3n) is 4.19. The van der Waals surface area contributed by atoms with Gasteiger partial charge in [-0.25, -0.2) is 0 Å². The molecule has 1 aliphatic rings. The van der Waals surface area contributed by atoms with Gasteiger partial charge >= 0.3 is 0 Å². The predicted octanol–water partition coefficient (Wildman–Crippen LogP) is 2.98. The molecule has 1 aromatic rings. The average molecular weight is 296 g/mol. The molecule has 20 heavy (non-hydrogen) atoms. The van der Waals surface area contributed by atoms with E-state index < -0.39 is 0 Å². The van der Waals surface area contributed by atoms with Crippen molar-refractivity contribution in [2.45, 2.75) is 32.2 Å². The van der Waals surface area contributed by atoms with Gasteiger partial charge in [0.1, 0.15) is 0 Å². The summed E-state index contributed by atoms with van der Waals surface area (Å²) in [4.78, 5) is 4.99. The summed E-state index contributed by atoms with van der Waals surface area (Å²) in [7, 11) is 0. The quantitative estimate of drug-likeness (QED) is 0.876. The Hall–Kier alpha value is -0.770. The van der Waals surface area contributed by atoms with Crippen LogP contribution >= 0.6 is 11.6 Å². The van der Waals surface area contributed by atoms with E-state index in [9.17, 15) is 0 Å². The van der Waals surface area contributed by atoms with E-state index in [4.69, 9.17) is 17.3 Å². The molecule has 0 aliphatic carbocycles. The number of nitrogens with zero attached hydrogens (tertiary/aromatic N) is 2. The zero-order valence-corrected chi connectivity index (χ0v) is 13.1. The Bertz CT molecular complexity index is 385. The summed E-state index contributed by atoms with van der Waals surface area (Å²) in [6, 6.07) is 8.70. The van der Waals surface area contributed by atoms with Crippen LogP contribution in [0, 0.1) is 0 Å². The second-order valence-corrected chi connectivity index (χ2v) is 5.97. The third-order valence-corrected chi connectivity index (χ3v) is 4.44. The molecule has 1 fully saturated rings. The van der Waals surface area contributed by atoms with E-state index in [0.29, 0.717) is 6.04 Å². The summed E-state index contributed by atoms with van der Waals surface area (Å²) in [5.41, 5.74) is 7.21. The number of nitrogens with two attached hydrogens (primary N) is 1. The van der Waals surface area contributed by atoms with Crippen molar-refractivity contribution in [3.8, 4) is 0 Å². The molecular weight excluding hydrogens is 270 g/mol. The van der Waals surface area contributed by atoms with Crippen molar-refractivity contribution >= 4 is 17.3 Å². The maximum Gasteiger partial charge on any atom is 0.0407 e. The maximum absolute atomic E-state index is 5.94. The Morgan fingerprint density at radius 3 is 2.35 bits per heavy atom. The van der Waals surface area contributed by atoms with Crippen LogP contribution in [0.2, 0.25) is 5.02 Å². The predicted molar refractivity (Wildman–Crippen MR) is 87.6 cm³/mol. The summed E-state index contributed by atoms with van der Waals surface area (Å²) in [6.45, 7) is 7.38. The molecule has 1 unspecified atom stereocenters. The molecule has 3 nitrogen and oxygen atoms in total. The van der Waals surface area contributed by atoms with Gasteiger partial charge in [0.2, 0.25) is 0 Å². The van der Waals surface area contributed by atoms with Crippen molar-refractivity contribution in [1.82, 2.24) is 4.90 Å². The molecule has 0 spiro atoms. The molecule has 0 amide bonds. The van der Waals surface area contributed by atoms with Crippen LogP contribution in [0.1, 0.15) is 26.2 Å². The van der Waals surface area contributed by atoms with Crippen LogP contribution in [0.3, 0.4) is 0 Å². The highest BCUT2D eigenvalue weighted by molar-refractivity contribution is 6.30. The maximum atomic E-state index is 5.94. The number of benzene rings is 1. The van der Waals surface area contributed by atoms with Gasteiger partial charge in [-0.05, 0) is 30.7 Å². The molecule has 1 saturated heterocycles. The van der Waals surface area contributed by atoms with Crippen LogP contribution in [0.25, 0.3) is 0 Å². The van der Waals surface area contributed by atoms with E-state index >= 15 is 0 Å². The van der Waals surface area contributed by atoms with E-state index in [1.54, 1.807) is 0 Å². The highest BCUT2D eigenvalue weighted by Crippen LogP contribution is 2.20. The molecule has 4 heteroatoms. The molecule has 0 aromatic heterocycles. The Kier molecular flexibility index (Phi) is 6.14. The van der Waals surface area contributed by atoms with Crippen LogP contribution in [0.15, 0.2) is 24.3 Å². The first-order chi connectivity index (χ1) is 9.74. The van der Waals surface area contributed by atoms with Gasteiger partial charge in [-0.2, -0.15) is 0 Å². The number of hydrogen-bond acceptors (Lipinski definition) is 3. The van der Waals surface area contributed by atoms with E-state index in [-0.39, 0.29) is 0 Å². The highest BCUT2D eigenvalue weighted by atomic mass is 35.5. The van der Waals surface area contributed by atoms with Gasteiger partial charge in [0.15, 0.2) is 0 Å². The van der Waals surface area contributed by atoms with Gasteiger partial charge in [-0.1, -0.05) is 31.4 Å². The van der Waals surface area contributed by atoms with Crippen LogP contribution in [-0.4, -0.2) is 43.7 Å². The van der Waals surface area contributed by atoms with Crippen molar-refractivity contribution in [3.05, 3.63) is 29.3 Å².